The Hall–Kier alpha value is -7.72. The number of hydrogen-bond donors (Lipinski definition) is 0. The SMILES string of the molecule is c1ccc(-c2ccc(N(c3ccc(-c4cccc(-c5ccc6c7ccccc7n(-c7cccc8c7sc7ccccc78)c6c5)c4)cc3)c3ccc4ccccc4c3)cc2)cc1. The van der Waals surface area contributed by atoms with Gasteiger partial charge in [-0.3, -0.25) is 0 Å². The average molecular weight is 795 g/mol. The highest BCUT2D eigenvalue weighted by atomic mass is 32.1. The van der Waals surface area contributed by atoms with Gasteiger partial charge in [0.05, 0.1) is 21.4 Å². The van der Waals surface area contributed by atoms with Crippen molar-refractivity contribution >= 4 is 81.1 Å². The largest absolute Gasteiger partial charge is 0.310 e. The van der Waals surface area contributed by atoms with E-state index in [2.05, 4.69) is 240 Å². The van der Waals surface area contributed by atoms with E-state index in [0.29, 0.717) is 0 Å². The second-order valence-corrected chi connectivity index (χ2v) is 16.8. The highest BCUT2D eigenvalue weighted by molar-refractivity contribution is 7.26. The topological polar surface area (TPSA) is 8.17 Å². The lowest BCUT2D eigenvalue weighted by atomic mass is 9.98. The summed E-state index contributed by atoms with van der Waals surface area (Å²) >= 11 is 1.88. The van der Waals surface area contributed by atoms with E-state index in [1.807, 2.05) is 11.3 Å². The molecule has 0 N–H and O–H groups in total. The first-order valence-electron chi connectivity index (χ1n) is 20.8. The van der Waals surface area contributed by atoms with E-state index in [1.165, 1.54) is 91.8 Å². The molecule has 0 amide bonds. The zero-order chi connectivity index (χ0) is 40.3. The number of fused-ring (bicyclic) bond motifs is 7. The lowest BCUT2D eigenvalue weighted by Crippen LogP contribution is -2.09. The number of anilines is 3. The first-order chi connectivity index (χ1) is 30.2. The van der Waals surface area contributed by atoms with Crippen LogP contribution in [0.25, 0.3) is 91.8 Å². The van der Waals surface area contributed by atoms with Crippen LogP contribution in [-0.2, 0) is 0 Å². The summed E-state index contributed by atoms with van der Waals surface area (Å²) in [5.74, 6) is 0. The fraction of sp³-hybridized carbons (Fsp3) is 0. The molecule has 0 unspecified atom stereocenters. The average Bonchev–Trinajstić information content (AvgIpc) is 3.88. The van der Waals surface area contributed by atoms with Gasteiger partial charge in [-0.2, -0.15) is 0 Å². The third kappa shape index (κ3) is 6.09. The van der Waals surface area contributed by atoms with Crippen LogP contribution in [0.5, 0.6) is 0 Å². The summed E-state index contributed by atoms with van der Waals surface area (Å²) in [7, 11) is 0. The van der Waals surface area contributed by atoms with E-state index in [0.717, 1.165) is 17.1 Å². The Morgan fingerprint density at radius 2 is 0.852 bits per heavy atom. The molecule has 2 nitrogen and oxygen atoms in total. The van der Waals surface area contributed by atoms with E-state index in [4.69, 9.17) is 0 Å². The third-order valence-corrected chi connectivity index (χ3v) is 13.4. The molecule has 0 aliphatic carbocycles. The van der Waals surface area contributed by atoms with Gasteiger partial charge in [0.1, 0.15) is 0 Å². The van der Waals surface area contributed by atoms with Gasteiger partial charge < -0.3 is 9.47 Å². The van der Waals surface area contributed by atoms with E-state index in [1.54, 1.807) is 0 Å². The summed E-state index contributed by atoms with van der Waals surface area (Å²) in [5.41, 5.74) is 14.2. The van der Waals surface area contributed by atoms with Crippen molar-refractivity contribution in [1.29, 1.82) is 0 Å². The molecule has 2 aromatic heterocycles. The van der Waals surface area contributed by atoms with Gasteiger partial charge in [0, 0.05) is 43.3 Å². The van der Waals surface area contributed by atoms with Crippen LogP contribution in [0, 0.1) is 0 Å². The number of hydrogen-bond acceptors (Lipinski definition) is 2. The van der Waals surface area contributed by atoms with Crippen molar-refractivity contribution in [3.8, 4) is 39.1 Å². The van der Waals surface area contributed by atoms with E-state index >= 15 is 0 Å². The number of rotatable bonds is 7. The van der Waals surface area contributed by atoms with E-state index < -0.39 is 0 Å². The Balaban J connectivity index is 0.927. The van der Waals surface area contributed by atoms with E-state index in [9.17, 15) is 0 Å². The molecular weight excluding hydrogens is 757 g/mol. The van der Waals surface area contributed by atoms with Crippen LogP contribution in [0.4, 0.5) is 17.1 Å². The predicted molar refractivity (Wildman–Crippen MR) is 262 cm³/mol. The van der Waals surface area contributed by atoms with Crippen LogP contribution in [0.2, 0.25) is 0 Å². The molecule has 61 heavy (non-hydrogen) atoms. The molecule has 12 aromatic rings. The van der Waals surface area contributed by atoms with Gasteiger partial charge in [-0.25, -0.2) is 0 Å². The lowest BCUT2D eigenvalue weighted by Gasteiger charge is -2.26. The summed E-state index contributed by atoms with van der Waals surface area (Å²) in [6.45, 7) is 0. The van der Waals surface area contributed by atoms with Crippen LogP contribution >= 0.6 is 11.3 Å². The van der Waals surface area contributed by atoms with Gasteiger partial charge >= 0.3 is 0 Å². The number of nitrogens with zero attached hydrogens (tertiary/aromatic N) is 2. The number of thiophene rings is 1. The second kappa shape index (κ2) is 14.5. The van der Waals surface area contributed by atoms with Gasteiger partial charge in [-0.1, -0.05) is 164 Å². The minimum absolute atomic E-state index is 1.11. The van der Waals surface area contributed by atoms with Crippen molar-refractivity contribution in [2.24, 2.45) is 0 Å². The molecule has 0 bridgehead atoms. The summed E-state index contributed by atoms with van der Waals surface area (Å²) in [4.78, 5) is 2.36. The first-order valence-corrected chi connectivity index (χ1v) is 21.6. The standard InChI is InChI=1S/C58H38N2S/c1-2-12-39(13-3-1)41-24-30-47(31-25-41)59(49-34-28-40-14-4-5-15-45(40)37-49)48-32-26-42(27-33-48)43-16-10-17-44(36-43)46-29-35-51-50-18-6-8-21-54(50)60(56(51)38-46)55-22-11-20-53-52-19-7-9-23-57(52)61-58(53)55/h1-38H. The molecule has 0 spiro atoms. The summed E-state index contributed by atoms with van der Waals surface area (Å²) in [6.07, 6.45) is 0. The van der Waals surface area contributed by atoms with E-state index in [-0.39, 0.29) is 0 Å². The van der Waals surface area contributed by atoms with Crippen LogP contribution in [0.3, 0.4) is 0 Å². The van der Waals surface area contributed by atoms with Crippen LogP contribution in [0.1, 0.15) is 0 Å². The Labute approximate surface area is 358 Å². The predicted octanol–water partition coefficient (Wildman–Crippen LogP) is 16.8. The maximum absolute atomic E-state index is 2.48. The third-order valence-electron chi connectivity index (χ3n) is 12.2. The Kier molecular flexibility index (Phi) is 8.39. The molecule has 0 saturated carbocycles. The molecule has 0 aliphatic rings. The molecule has 2 heterocycles. The fourth-order valence-electron chi connectivity index (χ4n) is 9.20. The molecule has 0 fully saturated rings. The van der Waals surface area contributed by atoms with Gasteiger partial charge in [0.25, 0.3) is 0 Å². The van der Waals surface area contributed by atoms with Crippen molar-refractivity contribution in [3.05, 3.63) is 231 Å². The quantitative estimate of drug-likeness (QED) is 0.156. The molecule has 286 valence electrons. The zero-order valence-corrected chi connectivity index (χ0v) is 34.1. The minimum atomic E-state index is 1.11. The molecule has 12 rings (SSSR count). The fourth-order valence-corrected chi connectivity index (χ4v) is 10.4. The van der Waals surface area contributed by atoms with Crippen molar-refractivity contribution in [2.75, 3.05) is 4.90 Å². The normalized spacial score (nSPS) is 11.6. The lowest BCUT2D eigenvalue weighted by molar-refractivity contribution is 1.20. The Morgan fingerprint density at radius 1 is 0.311 bits per heavy atom. The molecule has 0 aliphatic heterocycles. The molecule has 0 radical (unpaired) electrons. The molecular formula is C58H38N2S. The molecule has 0 saturated heterocycles. The van der Waals surface area contributed by atoms with Crippen molar-refractivity contribution in [3.63, 3.8) is 0 Å². The minimum Gasteiger partial charge on any atom is -0.310 e. The van der Waals surface area contributed by atoms with Crippen LogP contribution < -0.4 is 4.90 Å². The summed E-state index contributed by atoms with van der Waals surface area (Å²) in [6, 6.07) is 84.1. The number of para-hydroxylation sites is 1. The van der Waals surface area contributed by atoms with Gasteiger partial charge in [-0.05, 0) is 111 Å². The maximum atomic E-state index is 2.48. The van der Waals surface area contributed by atoms with Gasteiger partial charge in [0.2, 0.25) is 0 Å². The summed E-state index contributed by atoms with van der Waals surface area (Å²) in [5, 5.41) is 7.59. The summed E-state index contributed by atoms with van der Waals surface area (Å²) < 4.78 is 5.10. The highest BCUT2D eigenvalue weighted by Gasteiger charge is 2.18. The maximum Gasteiger partial charge on any atom is 0.0640 e. The van der Waals surface area contributed by atoms with Gasteiger partial charge in [0.15, 0.2) is 0 Å². The van der Waals surface area contributed by atoms with Crippen LogP contribution in [0.15, 0.2) is 231 Å². The van der Waals surface area contributed by atoms with Crippen molar-refractivity contribution in [2.45, 2.75) is 0 Å². The van der Waals surface area contributed by atoms with Crippen molar-refractivity contribution < 1.29 is 0 Å². The van der Waals surface area contributed by atoms with Crippen LogP contribution in [-0.4, -0.2) is 4.57 Å². The smallest absolute Gasteiger partial charge is 0.0640 e. The number of benzene rings is 10. The zero-order valence-electron chi connectivity index (χ0n) is 33.2. The second-order valence-electron chi connectivity index (χ2n) is 15.7. The monoisotopic (exact) mass is 794 g/mol. The number of aromatic nitrogens is 1. The first kappa shape index (κ1) is 35.2. The highest BCUT2D eigenvalue weighted by Crippen LogP contribution is 2.43. The molecule has 3 heteroatoms. The Morgan fingerprint density at radius 3 is 1.66 bits per heavy atom. The molecule has 10 aromatic carbocycles. The molecule has 0 atom stereocenters. The van der Waals surface area contributed by atoms with Gasteiger partial charge in [-0.15, -0.1) is 11.3 Å². The van der Waals surface area contributed by atoms with Crippen molar-refractivity contribution in [1.82, 2.24) is 4.57 Å². The Bertz CT molecular complexity index is 3580.